The summed E-state index contributed by atoms with van der Waals surface area (Å²) in [4.78, 5) is 11.5. The second-order valence-corrected chi connectivity index (χ2v) is 5.92. The number of carbonyl (C=O) groups is 1. The van der Waals surface area contributed by atoms with Gasteiger partial charge in [-0.25, -0.2) is 4.79 Å². The molecule has 1 aromatic rings. The van der Waals surface area contributed by atoms with Crippen molar-refractivity contribution >= 4 is 12.2 Å². The van der Waals surface area contributed by atoms with Crippen molar-refractivity contribution in [3.63, 3.8) is 0 Å². The molecule has 1 amide bonds. The van der Waals surface area contributed by atoms with Crippen molar-refractivity contribution in [2.75, 3.05) is 6.54 Å². The number of amides is 1. The molecular weight excluding hydrogens is 264 g/mol. The van der Waals surface area contributed by atoms with E-state index in [1.165, 1.54) is 0 Å². The lowest BCUT2D eigenvalue weighted by molar-refractivity contribution is 0.0534. The fourth-order valence-electron chi connectivity index (χ4n) is 1.94. The lowest BCUT2D eigenvalue weighted by Crippen LogP contribution is -2.32. The Kier molecular flexibility index (Phi) is 5.54. The summed E-state index contributed by atoms with van der Waals surface area (Å²) in [5, 5.41) is 11.6. The van der Waals surface area contributed by atoms with Gasteiger partial charge in [0.15, 0.2) is 0 Å². The van der Waals surface area contributed by atoms with Crippen LogP contribution in [0.5, 0.6) is 0 Å². The van der Waals surface area contributed by atoms with E-state index in [0.717, 1.165) is 16.7 Å². The van der Waals surface area contributed by atoms with E-state index in [4.69, 9.17) is 10.00 Å². The molecule has 0 saturated carbocycles. The van der Waals surface area contributed by atoms with Crippen LogP contribution in [0.2, 0.25) is 0 Å². The van der Waals surface area contributed by atoms with Crippen molar-refractivity contribution in [1.82, 2.24) is 5.32 Å². The topological polar surface area (TPSA) is 62.1 Å². The molecule has 0 aliphatic carbocycles. The van der Waals surface area contributed by atoms with Crippen LogP contribution >= 0.6 is 0 Å². The standard InChI is InChI=1S/C17H22N2O2/c1-12-9-14(11-18)10-13(2)15(12)7-6-8-19-16(20)21-17(3,4)5/h6-7,9-10H,8H2,1-5H3,(H,19,20)/b7-6+. The van der Waals surface area contributed by atoms with Crippen LogP contribution < -0.4 is 5.32 Å². The summed E-state index contributed by atoms with van der Waals surface area (Å²) < 4.78 is 5.15. The van der Waals surface area contributed by atoms with Crippen LogP contribution in [-0.2, 0) is 4.74 Å². The van der Waals surface area contributed by atoms with Gasteiger partial charge in [0.2, 0.25) is 0 Å². The molecule has 1 aromatic carbocycles. The van der Waals surface area contributed by atoms with Crippen LogP contribution in [0, 0.1) is 25.2 Å². The summed E-state index contributed by atoms with van der Waals surface area (Å²) in [6, 6.07) is 5.85. The van der Waals surface area contributed by atoms with Gasteiger partial charge < -0.3 is 10.1 Å². The highest BCUT2D eigenvalue weighted by Crippen LogP contribution is 2.17. The average molecular weight is 286 g/mol. The fraction of sp³-hybridized carbons (Fsp3) is 0.412. The molecule has 4 heteroatoms. The number of aryl methyl sites for hydroxylation is 2. The molecule has 0 aliphatic rings. The molecule has 1 rings (SSSR count). The van der Waals surface area contributed by atoms with E-state index < -0.39 is 11.7 Å². The normalized spacial score (nSPS) is 11.2. The van der Waals surface area contributed by atoms with Gasteiger partial charge in [-0.3, -0.25) is 0 Å². The Balaban J connectivity index is 2.63. The Bertz CT molecular complexity index is 567. The quantitative estimate of drug-likeness (QED) is 0.921. The average Bonchev–Trinajstić information content (AvgIpc) is 2.34. The molecule has 0 radical (unpaired) electrons. The number of rotatable bonds is 3. The first-order valence-corrected chi connectivity index (χ1v) is 6.87. The highest BCUT2D eigenvalue weighted by molar-refractivity contribution is 5.68. The predicted octanol–water partition coefficient (Wildman–Crippen LogP) is 3.71. The van der Waals surface area contributed by atoms with Crippen LogP contribution in [0.25, 0.3) is 6.08 Å². The van der Waals surface area contributed by atoms with Gasteiger partial charge in [-0.15, -0.1) is 0 Å². The van der Waals surface area contributed by atoms with E-state index in [0.29, 0.717) is 12.1 Å². The molecule has 0 fully saturated rings. The van der Waals surface area contributed by atoms with Gasteiger partial charge in [0, 0.05) is 6.54 Å². The highest BCUT2D eigenvalue weighted by Gasteiger charge is 2.14. The smallest absolute Gasteiger partial charge is 0.407 e. The molecule has 0 spiro atoms. The molecule has 0 bridgehead atoms. The van der Waals surface area contributed by atoms with Crippen LogP contribution in [0.3, 0.4) is 0 Å². The third-order valence-corrected chi connectivity index (χ3v) is 2.77. The second-order valence-electron chi connectivity index (χ2n) is 5.92. The van der Waals surface area contributed by atoms with Gasteiger partial charge in [-0.1, -0.05) is 12.2 Å². The summed E-state index contributed by atoms with van der Waals surface area (Å²) in [6.45, 7) is 9.81. The zero-order chi connectivity index (χ0) is 16.0. The molecule has 0 unspecified atom stereocenters. The molecule has 0 aromatic heterocycles. The molecule has 1 N–H and O–H groups in total. The summed E-state index contributed by atoms with van der Waals surface area (Å²) in [6.07, 6.45) is 3.38. The van der Waals surface area contributed by atoms with E-state index in [1.807, 2.05) is 58.9 Å². The Morgan fingerprint density at radius 2 is 1.90 bits per heavy atom. The Morgan fingerprint density at radius 1 is 1.33 bits per heavy atom. The first-order valence-electron chi connectivity index (χ1n) is 6.87. The predicted molar refractivity (Wildman–Crippen MR) is 83.9 cm³/mol. The minimum absolute atomic E-state index is 0.397. The van der Waals surface area contributed by atoms with E-state index in [2.05, 4.69) is 11.4 Å². The first kappa shape index (κ1) is 16.8. The van der Waals surface area contributed by atoms with E-state index >= 15 is 0 Å². The summed E-state index contributed by atoms with van der Waals surface area (Å²) in [5.41, 5.74) is 3.32. The Labute approximate surface area is 126 Å². The van der Waals surface area contributed by atoms with Crippen LogP contribution in [0.1, 0.15) is 43.0 Å². The molecule has 21 heavy (non-hydrogen) atoms. The number of hydrogen-bond acceptors (Lipinski definition) is 3. The fourth-order valence-corrected chi connectivity index (χ4v) is 1.94. The number of nitrogens with one attached hydrogen (secondary N) is 1. The van der Waals surface area contributed by atoms with Gasteiger partial charge in [0.1, 0.15) is 5.60 Å². The molecule has 0 heterocycles. The first-order chi connectivity index (χ1) is 9.73. The largest absolute Gasteiger partial charge is 0.444 e. The van der Waals surface area contributed by atoms with E-state index in [1.54, 1.807) is 0 Å². The van der Waals surface area contributed by atoms with Crippen molar-refractivity contribution in [2.24, 2.45) is 0 Å². The maximum atomic E-state index is 11.5. The Hall–Kier alpha value is -2.28. The monoisotopic (exact) mass is 286 g/mol. The number of ether oxygens (including phenoxy) is 1. The maximum absolute atomic E-state index is 11.5. The third-order valence-electron chi connectivity index (χ3n) is 2.77. The van der Waals surface area contributed by atoms with Gasteiger partial charge in [0.25, 0.3) is 0 Å². The van der Waals surface area contributed by atoms with Crippen LogP contribution in [0.4, 0.5) is 4.79 Å². The number of benzene rings is 1. The minimum atomic E-state index is -0.492. The maximum Gasteiger partial charge on any atom is 0.407 e. The molecule has 0 saturated heterocycles. The molecule has 0 atom stereocenters. The van der Waals surface area contributed by atoms with Crippen molar-refractivity contribution in [2.45, 2.75) is 40.2 Å². The highest BCUT2D eigenvalue weighted by atomic mass is 16.6. The number of nitriles is 1. The summed E-state index contributed by atoms with van der Waals surface area (Å²) in [5.74, 6) is 0. The number of nitrogens with zero attached hydrogens (tertiary/aromatic N) is 1. The van der Waals surface area contributed by atoms with Crippen molar-refractivity contribution < 1.29 is 9.53 Å². The molecule has 112 valence electrons. The molecule has 0 aliphatic heterocycles. The lowest BCUT2D eigenvalue weighted by atomic mass is 9.99. The second kappa shape index (κ2) is 6.94. The van der Waals surface area contributed by atoms with E-state index in [9.17, 15) is 4.79 Å². The van der Waals surface area contributed by atoms with Crippen LogP contribution in [0.15, 0.2) is 18.2 Å². The van der Waals surface area contributed by atoms with Gasteiger partial charge in [-0.2, -0.15) is 5.26 Å². The zero-order valence-electron chi connectivity index (χ0n) is 13.3. The van der Waals surface area contributed by atoms with E-state index in [-0.39, 0.29) is 0 Å². The van der Waals surface area contributed by atoms with Gasteiger partial charge in [0.05, 0.1) is 11.6 Å². The molecular formula is C17H22N2O2. The number of hydrogen-bond donors (Lipinski definition) is 1. The number of carbonyl (C=O) groups excluding carboxylic acids is 1. The van der Waals surface area contributed by atoms with Crippen molar-refractivity contribution in [3.05, 3.63) is 40.5 Å². The van der Waals surface area contributed by atoms with Gasteiger partial charge in [-0.05, 0) is 63.4 Å². The zero-order valence-corrected chi connectivity index (χ0v) is 13.3. The van der Waals surface area contributed by atoms with Crippen molar-refractivity contribution in [1.29, 1.82) is 5.26 Å². The van der Waals surface area contributed by atoms with Gasteiger partial charge >= 0.3 is 6.09 Å². The lowest BCUT2D eigenvalue weighted by Gasteiger charge is -2.19. The SMILES string of the molecule is Cc1cc(C#N)cc(C)c1/C=C/CNC(=O)OC(C)(C)C. The third kappa shape index (κ3) is 5.70. The van der Waals surface area contributed by atoms with Crippen LogP contribution in [-0.4, -0.2) is 18.2 Å². The summed E-state index contributed by atoms with van der Waals surface area (Å²) >= 11 is 0. The summed E-state index contributed by atoms with van der Waals surface area (Å²) in [7, 11) is 0. The van der Waals surface area contributed by atoms with Crippen molar-refractivity contribution in [3.8, 4) is 6.07 Å². The molecule has 4 nitrogen and oxygen atoms in total. The minimum Gasteiger partial charge on any atom is -0.444 e. The number of alkyl carbamates (subject to hydrolysis) is 1. The Morgan fingerprint density at radius 3 is 2.38 bits per heavy atom.